The van der Waals surface area contributed by atoms with Crippen LogP contribution in [0.25, 0.3) is 0 Å². The van der Waals surface area contributed by atoms with Crippen molar-refractivity contribution in [2.45, 2.75) is 6.92 Å². The maximum atomic E-state index is 13.6. The van der Waals surface area contributed by atoms with Gasteiger partial charge in [0.2, 0.25) is 0 Å². The number of hydrogen-bond donors (Lipinski definition) is 1. The number of halogens is 4. The van der Waals surface area contributed by atoms with E-state index in [0.29, 0.717) is 5.82 Å². The van der Waals surface area contributed by atoms with E-state index in [1.807, 2.05) is 13.0 Å². The number of aryl methyl sites for hydroxylation is 1. The summed E-state index contributed by atoms with van der Waals surface area (Å²) in [5.41, 5.74) is 0.876. The van der Waals surface area contributed by atoms with E-state index in [1.54, 1.807) is 6.20 Å². The normalized spacial score (nSPS) is 10.5. The first kappa shape index (κ1) is 13.4. The first-order chi connectivity index (χ1) is 8.47. The maximum Gasteiger partial charge on any atom is 0.148 e. The fourth-order valence-electron chi connectivity index (χ4n) is 1.42. The van der Waals surface area contributed by atoms with E-state index in [4.69, 9.17) is 0 Å². The number of anilines is 2. The Balaban J connectivity index is 2.37. The summed E-state index contributed by atoms with van der Waals surface area (Å²) < 4.78 is 27.9. The van der Waals surface area contributed by atoms with Gasteiger partial charge in [0, 0.05) is 16.7 Å². The van der Waals surface area contributed by atoms with Crippen molar-refractivity contribution < 1.29 is 8.78 Å². The van der Waals surface area contributed by atoms with Gasteiger partial charge in [-0.2, -0.15) is 0 Å². The molecule has 0 radical (unpaired) electrons. The second kappa shape index (κ2) is 5.32. The summed E-state index contributed by atoms with van der Waals surface area (Å²) in [6.07, 6.45) is 1.59. The second-order valence-electron chi connectivity index (χ2n) is 3.69. The topological polar surface area (TPSA) is 24.9 Å². The number of nitrogens with one attached hydrogen (secondary N) is 1. The standard InChI is InChI=1S/C12H8Br2F2N2/c1-6-2-7(13)5-17-12(6)18-11-4-9(15)8(14)3-10(11)16/h2-5H,1H3,(H,17,18). The number of hydrogen-bond acceptors (Lipinski definition) is 2. The van der Waals surface area contributed by atoms with Crippen molar-refractivity contribution in [2.24, 2.45) is 0 Å². The number of aromatic nitrogens is 1. The van der Waals surface area contributed by atoms with Gasteiger partial charge in [-0.25, -0.2) is 13.8 Å². The summed E-state index contributed by atoms with van der Waals surface area (Å²) in [6.45, 7) is 1.83. The Bertz CT molecular complexity index is 603. The zero-order valence-electron chi connectivity index (χ0n) is 9.27. The van der Waals surface area contributed by atoms with Gasteiger partial charge in [0.1, 0.15) is 17.5 Å². The van der Waals surface area contributed by atoms with Gasteiger partial charge in [0.25, 0.3) is 0 Å². The zero-order valence-corrected chi connectivity index (χ0v) is 12.4. The van der Waals surface area contributed by atoms with Crippen molar-refractivity contribution in [3.63, 3.8) is 0 Å². The molecule has 0 spiro atoms. The van der Waals surface area contributed by atoms with E-state index in [1.165, 1.54) is 0 Å². The molecule has 2 aromatic rings. The van der Waals surface area contributed by atoms with Crippen molar-refractivity contribution in [1.82, 2.24) is 4.98 Å². The van der Waals surface area contributed by atoms with E-state index in [9.17, 15) is 8.78 Å². The molecule has 0 saturated heterocycles. The molecule has 0 aliphatic carbocycles. The van der Waals surface area contributed by atoms with E-state index < -0.39 is 11.6 Å². The Morgan fingerprint density at radius 3 is 2.50 bits per heavy atom. The Kier molecular flexibility index (Phi) is 3.97. The van der Waals surface area contributed by atoms with Gasteiger partial charge in [0.15, 0.2) is 0 Å². The molecule has 1 aromatic heterocycles. The van der Waals surface area contributed by atoms with Crippen LogP contribution in [-0.4, -0.2) is 4.98 Å². The minimum atomic E-state index is -0.549. The van der Waals surface area contributed by atoms with Crippen LogP contribution in [0.5, 0.6) is 0 Å². The fourth-order valence-corrected chi connectivity index (χ4v) is 2.18. The van der Waals surface area contributed by atoms with Crippen molar-refractivity contribution >= 4 is 43.4 Å². The van der Waals surface area contributed by atoms with Crippen LogP contribution < -0.4 is 5.32 Å². The van der Waals surface area contributed by atoms with Crippen LogP contribution in [0.2, 0.25) is 0 Å². The first-order valence-corrected chi connectivity index (χ1v) is 6.59. The predicted molar refractivity (Wildman–Crippen MR) is 74.0 cm³/mol. The summed E-state index contributed by atoms with van der Waals surface area (Å²) in [6, 6.07) is 4.00. The van der Waals surface area contributed by atoms with Crippen LogP contribution in [0.3, 0.4) is 0 Å². The van der Waals surface area contributed by atoms with Gasteiger partial charge < -0.3 is 5.32 Å². The lowest BCUT2D eigenvalue weighted by Gasteiger charge is -2.10. The van der Waals surface area contributed by atoms with Crippen LogP contribution in [-0.2, 0) is 0 Å². The van der Waals surface area contributed by atoms with E-state index >= 15 is 0 Å². The maximum absolute atomic E-state index is 13.6. The zero-order chi connectivity index (χ0) is 13.3. The molecule has 0 amide bonds. The van der Waals surface area contributed by atoms with E-state index in [0.717, 1.165) is 22.2 Å². The number of benzene rings is 1. The third-order valence-electron chi connectivity index (χ3n) is 2.31. The van der Waals surface area contributed by atoms with Crippen LogP contribution in [0.4, 0.5) is 20.3 Å². The minimum absolute atomic E-state index is 0.0497. The molecule has 18 heavy (non-hydrogen) atoms. The summed E-state index contributed by atoms with van der Waals surface area (Å²) in [7, 11) is 0. The molecule has 1 heterocycles. The van der Waals surface area contributed by atoms with Crippen molar-refractivity contribution in [3.8, 4) is 0 Å². The third kappa shape index (κ3) is 2.87. The molecular formula is C12H8Br2F2N2. The number of rotatable bonds is 2. The lowest BCUT2D eigenvalue weighted by molar-refractivity contribution is 0.597. The largest absolute Gasteiger partial charge is 0.338 e. The Morgan fingerprint density at radius 2 is 1.83 bits per heavy atom. The molecule has 6 heteroatoms. The highest BCUT2D eigenvalue weighted by molar-refractivity contribution is 9.10. The molecule has 0 atom stereocenters. The molecule has 0 aliphatic rings. The molecule has 0 saturated carbocycles. The highest BCUT2D eigenvalue weighted by Crippen LogP contribution is 2.27. The molecule has 94 valence electrons. The Morgan fingerprint density at radius 1 is 1.11 bits per heavy atom. The minimum Gasteiger partial charge on any atom is -0.338 e. The molecule has 2 nitrogen and oxygen atoms in total. The monoisotopic (exact) mass is 376 g/mol. The summed E-state index contributed by atoms with van der Waals surface area (Å²) >= 11 is 6.21. The fraction of sp³-hybridized carbons (Fsp3) is 0.0833. The van der Waals surface area contributed by atoms with E-state index in [2.05, 4.69) is 42.2 Å². The summed E-state index contributed by atoms with van der Waals surface area (Å²) in [5, 5.41) is 2.77. The molecule has 1 N–H and O–H groups in total. The van der Waals surface area contributed by atoms with Gasteiger partial charge in [-0.15, -0.1) is 0 Å². The quantitative estimate of drug-likeness (QED) is 0.750. The van der Waals surface area contributed by atoms with Gasteiger partial charge in [-0.1, -0.05) is 0 Å². The van der Waals surface area contributed by atoms with Gasteiger partial charge in [-0.05, 0) is 56.5 Å². The van der Waals surface area contributed by atoms with Crippen molar-refractivity contribution in [1.29, 1.82) is 0 Å². The number of nitrogens with zero attached hydrogens (tertiary/aromatic N) is 1. The lowest BCUT2D eigenvalue weighted by atomic mass is 10.2. The Hall–Kier alpha value is -1.01. The molecule has 0 aliphatic heterocycles. The summed E-state index contributed by atoms with van der Waals surface area (Å²) in [5.74, 6) is -0.597. The first-order valence-electron chi connectivity index (χ1n) is 5.01. The SMILES string of the molecule is Cc1cc(Br)cnc1Nc1cc(F)c(Br)cc1F. The van der Waals surface area contributed by atoms with Crippen molar-refractivity contribution in [3.05, 3.63) is 50.5 Å². The lowest BCUT2D eigenvalue weighted by Crippen LogP contribution is -1.99. The molecule has 0 fully saturated rings. The molecule has 0 bridgehead atoms. The molecule has 0 unspecified atom stereocenters. The number of pyridine rings is 1. The molecule has 2 rings (SSSR count). The Labute approximate surface area is 120 Å². The predicted octanol–water partition coefficient (Wildman–Crippen LogP) is 4.94. The van der Waals surface area contributed by atoms with Crippen LogP contribution in [0.1, 0.15) is 5.56 Å². The average Bonchev–Trinajstić information content (AvgIpc) is 2.29. The van der Waals surface area contributed by atoms with Gasteiger partial charge >= 0.3 is 0 Å². The summed E-state index contributed by atoms with van der Waals surface area (Å²) in [4.78, 5) is 4.11. The van der Waals surface area contributed by atoms with Gasteiger partial charge in [-0.3, -0.25) is 0 Å². The molecular weight excluding hydrogens is 370 g/mol. The highest BCUT2D eigenvalue weighted by Gasteiger charge is 2.10. The van der Waals surface area contributed by atoms with Crippen LogP contribution in [0.15, 0.2) is 33.3 Å². The van der Waals surface area contributed by atoms with Crippen LogP contribution in [0, 0.1) is 18.6 Å². The molecule has 1 aromatic carbocycles. The highest BCUT2D eigenvalue weighted by atomic mass is 79.9. The average molecular weight is 378 g/mol. The van der Waals surface area contributed by atoms with Crippen molar-refractivity contribution in [2.75, 3.05) is 5.32 Å². The van der Waals surface area contributed by atoms with E-state index in [-0.39, 0.29) is 10.2 Å². The second-order valence-corrected chi connectivity index (χ2v) is 5.46. The third-order valence-corrected chi connectivity index (χ3v) is 3.35. The smallest absolute Gasteiger partial charge is 0.148 e. The van der Waals surface area contributed by atoms with Crippen LogP contribution >= 0.6 is 31.9 Å². The van der Waals surface area contributed by atoms with Gasteiger partial charge in [0.05, 0.1) is 10.2 Å².